The van der Waals surface area contributed by atoms with Crippen LogP contribution in [-0.2, 0) is 6.54 Å². The molecule has 25 heavy (non-hydrogen) atoms. The number of benzene rings is 2. The summed E-state index contributed by atoms with van der Waals surface area (Å²) in [7, 11) is 0. The van der Waals surface area contributed by atoms with E-state index in [2.05, 4.69) is 72.6 Å². The molecule has 0 saturated carbocycles. The van der Waals surface area contributed by atoms with E-state index in [9.17, 15) is 5.11 Å². The summed E-state index contributed by atoms with van der Waals surface area (Å²) in [5, 5.41) is 13.0. The summed E-state index contributed by atoms with van der Waals surface area (Å²) in [6.07, 6.45) is 2.21. The zero-order chi connectivity index (χ0) is 17.6. The van der Waals surface area contributed by atoms with Crippen molar-refractivity contribution < 1.29 is 5.11 Å². The molecule has 0 aliphatic carbocycles. The first-order valence-electron chi connectivity index (χ1n) is 9.40. The van der Waals surface area contributed by atoms with Crippen LogP contribution in [0.2, 0.25) is 0 Å². The topological polar surface area (TPSA) is 35.5 Å². The van der Waals surface area contributed by atoms with Crippen LogP contribution in [0.1, 0.15) is 42.5 Å². The average Bonchev–Trinajstić information content (AvgIpc) is 2.64. The highest BCUT2D eigenvalue weighted by atomic mass is 16.3. The quantitative estimate of drug-likeness (QED) is 0.821. The van der Waals surface area contributed by atoms with Crippen LogP contribution in [0.5, 0.6) is 0 Å². The van der Waals surface area contributed by atoms with E-state index in [1.54, 1.807) is 0 Å². The molecular weight excluding hydrogens is 308 g/mol. The van der Waals surface area contributed by atoms with Crippen LogP contribution in [0.15, 0.2) is 48.5 Å². The van der Waals surface area contributed by atoms with E-state index in [0.29, 0.717) is 12.5 Å². The van der Waals surface area contributed by atoms with Crippen molar-refractivity contribution in [3.63, 3.8) is 0 Å². The zero-order valence-corrected chi connectivity index (χ0v) is 15.4. The Kier molecular flexibility index (Phi) is 6.11. The van der Waals surface area contributed by atoms with E-state index in [4.69, 9.17) is 0 Å². The monoisotopic (exact) mass is 338 g/mol. The molecule has 134 valence electrons. The molecule has 0 spiro atoms. The fraction of sp³-hybridized carbons (Fsp3) is 0.455. The number of piperidine rings is 1. The van der Waals surface area contributed by atoms with E-state index in [-0.39, 0.29) is 6.04 Å². The molecular formula is C22H30N2O. The normalized spacial score (nSPS) is 17.4. The van der Waals surface area contributed by atoms with Gasteiger partial charge in [0.25, 0.3) is 0 Å². The fourth-order valence-electron chi connectivity index (χ4n) is 3.75. The maximum absolute atomic E-state index is 9.31. The predicted molar refractivity (Wildman–Crippen MR) is 105 cm³/mol. The van der Waals surface area contributed by atoms with Crippen LogP contribution in [0.4, 0.5) is 5.69 Å². The third-order valence-electron chi connectivity index (χ3n) is 5.40. The molecule has 3 rings (SSSR count). The smallest absolute Gasteiger partial charge is 0.0488 e. The third kappa shape index (κ3) is 4.62. The van der Waals surface area contributed by atoms with Crippen molar-refractivity contribution in [1.82, 2.24) is 4.90 Å². The van der Waals surface area contributed by atoms with Crippen LogP contribution in [0, 0.1) is 12.8 Å². The number of aryl methyl sites for hydroxylation is 1. The lowest BCUT2D eigenvalue weighted by Crippen LogP contribution is -2.34. The van der Waals surface area contributed by atoms with Crippen LogP contribution in [0.3, 0.4) is 0 Å². The van der Waals surface area contributed by atoms with Crippen LogP contribution < -0.4 is 5.32 Å². The highest BCUT2D eigenvalue weighted by Gasteiger charge is 2.19. The van der Waals surface area contributed by atoms with Crippen LogP contribution >= 0.6 is 0 Å². The summed E-state index contributed by atoms with van der Waals surface area (Å²) in [6.45, 7) is 7.86. The van der Waals surface area contributed by atoms with Gasteiger partial charge in [-0.05, 0) is 68.5 Å². The van der Waals surface area contributed by atoms with Gasteiger partial charge < -0.3 is 10.4 Å². The predicted octanol–water partition coefficient (Wildman–Crippen LogP) is 4.37. The molecule has 2 N–H and O–H groups in total. The van der Waals surface area contributed by atoms with Gasteiger partial charge in [-0.15, -0.1) is 0 Å². The van der Waals surface area contributed by atoms with Gasteiger partial charge in [-0.25, -0.2) is 0 Å². The molecule has 2 aromatic rings. The second kappa shape index (κ2) is 8.50. The summed E-state index contributed by atoms with van der Waals surface area (Å²) in [6, 6.07) is 17.5. The Bertz CT molecular complexity index is 677. The second-order valence-corrected chi connectivity index (χ2v) is 7.28. The van der Waals surface area contributed by atoms with Crippen molar-refractivity contribution in [3.8, 4) is 0 Å². The van der Waals surface area contributed by atoms with Crippen molar-refractivity contribution in [1.29, 1.82) is 0 Å². The molecule has 0 radical (unpaired) electrons. The fourth-order valence-corrected chi connectivity index (χ4v) is 3.75. The molecule has 1 saturated heterocycles. The summed E-state index contributed by atoms with van der Waals surface area (Å²) in [5.74, 6) is 0.491. The van der Waals surface area contributed by atoms with Gasteiger partial charge in [0.1, 0.15) is 0 Å². The van der Waals surface area contributed by atoms with E-state index >= 15 is 0 Å². The van der Waals surface area contributed by atoms with Gasteiger partial charge in [-0.1, -0.05) is 42.5 Å². The molecule has 0 bridgehead atoms. The largest absolute Gasteiger partial charge is 0.396 e. The number of likely N-dealkylation sites (tertiary alicyclic amines) is 1. The molecule has 2 aromatic carbocycles. The molecule has 3 nitrogen and oxygen atoms in total. The number of nitrogens with zero attached hydrogens (tertiary/aromatic N) is 1. The van der Waals surface area contributed by atoms with Gasteiger partial charge in [0, 0.05) is 24.9 Å². The lowest BCUT2D eigenvalue weighted by atomic mass is 9.97. The van der Waals surface area contributed by atoms with Crippen LogP contribution in [-0.4, -0.2) is 29.7 Å². The van der Waals surface area contributed by atoms with E-state index in [0.717, 1.165) is 32.5 Å². The molecule has 1 aliphatic rings. The number of aliphatic hydroxyl groups excluding tert-OH is 1. The minimum absolute atomic E-state index is 0.280. The Hall–Kier alpha value is -1.84. The summed E-state index contributed by atoms with van der Waals surface area (Å²) < 4.78 is 0. The molecule has 0 amide bonds. The number of para-hydroxylation sites is 1. The third-order valence-corrected chi connectivity index (χ3v) is 5.40. The van der Waals surface area contributed by atoms with Crippen molar-refractivity contribution in [2.75, 3.05) is 25.0 Å². The first kappa shape index (κ1) is 18.0. The standard InChI is InChI=1S/C22H30N2O/c1-17-7-3-5-9-21(17)18(2)23-22-10-6-4-8-20(22)15-24-13-11-19(16-25)12-14-24/h3-10,18-19,23,25H,11-16H2,1-2H3. The lowest BCUT2D eigenvalue weighted by Gasteiger charge is -2.31. The van der Waals surface area contributed by atoms with Crippen LogP contribution in [0.25, 0.3) is 0 Å². The van der Waals surface area contributed by atoms with Gasteiger partial charge >= 0.3 is 0 Å². The van der Waals surface area contributed by atoms with E-state index < -0.39 is 0 Å². The summed E-state index contributed by atoms with van der Waals surface area (Å²) in [5.41, 5.74) is 5.25. The van der Waals surface area contributed by atoms with Crippen molar-refractivity contribution in [2.24, 2.45) is 5.92 Å². The minimum atomic E-state index is 0.280. The van der Waals surface area contributed by atoms with Crippen molar-refractivity contribution in [2.45, 2.75) is 39.3 Å². The number of nitrogens with one attached hydrogen (secondary N) is 1. The number of aliphatic hydroxyl groups is 1. The number of hydrogen-bond acceptors (Lipinski definition) is 3. The first-order valence-corrected chi connectivity index (χ1v) is 9.40. The minimum Gasteiger partial charge on any atom is -0.396 e. The number of rotatable bonds is 6. The maximum atomic E-state index is 9.31. The van der Waals surface area contributed by atoms with E-state index in [1.165, 1.54) is 22.4 Å². The molecule has 3 heteroatoms. The highest BCUT2D eigenvalue weighted by Crippen LogP contribution is 2.26. The maximum Gasteiger partial charge on any atom is 0.0488 e. The Morgan fingerprint density at radius 1 is 1.08 bits per heavy atom. The van der Waals surface area contributed by atoms with Gasteiger partial charge in [0.05, 0.1) is 0 Å². The first-order chi connectivity index (χ1) is 12.2. The van der Waals surface area contributed by atoms with E-state index in [1.807, 2.05) is 0 Å². The molecule has 1 aliphatic heterocycles. The zero-order valence-electron chi connectivity index (χ0n) is 15.4. The summed E-state index contributed by atoms with van der Waals surface area (Å²) >= 11 is 0. The second-order valence-electron chi connectivity index (χ2n) is 7.28. The number of hydrogen-bond donors (Lipinski definition) is 2. The molecule has 0 aromatic heterocycles. The van der Waals surface area contributed by atoms with Crippen molar-refractivity contribution in [3.05, 3.63) is 65.2 Å². The Balaban J connectivity index is 1.68. The lowest BCUT2D eigenvalue weighted by molar-refractivity contribution is 0.127. The molecule has 1 fully saturated rings. The number of anilines is 1. The average molecular weight is 338 g/mol. The van der Waals surface area contributed by atoms with Crippen molar-refractivity contribution >= 4 is 5.69 Å². The Morgan fingerprint density at radius 2 is 1.76 bits per heavy atom. The molecule has 1 atom stereocenters. The van der Waals surface area contributed by atoms with Gasteiger partial charge in [0.2, 0.25) is 0 Å². The van der Waals surface area contributed by atoms with Gasteiger partial charge in [0.15, 0.2) is 0 Å². The van der Waals surface area contributed by atoms with Gasteiger partial charge in [-0.3, -0.25) is 4.90 Å². The van der Waals surface area contributed by atoms with Gasteiger partial charge in [-0.2, -0.15) is 0 Å². The Labute approximate surface area is 151 Å². The molecule has 1 unspecified atom stereocenters. The SMILES string of the molecule is Cc1ccccc1C(C)Nc1ccccc1CN1CCC(CO)CC1. The Morgan fingerprint density at radius 3 is 2.48 bits per heavy atom. The summed E-state index contributed by atoms with van der Waals surface area (Å²) in [4.78, 5) is 2.51. The highest BCUT2D eigenvalue weighted by molar-refractivity contribution is 5.53. The molecule has 1 heterocycles.